The molecule has 11 aromatic rings. The fourth-order valence-electron chi connectivity index (χ4n) is 8.30. The maximum absolute atomic E-state index is 4.79. The van der Waals surface area contributed by atoms with Gasteiger partial charge in [0.15, 0.2) is 0 Å². The summed E-state index contributed by atoms with van der Waals surface area (Å²) in [5, 5.41) is 12.3. The third kappa shape index (κ3) is 4.11. The summed E-state index contributed by atoms with van der Waals surface area (Å²) in [7, 11) is 0. The smallest absolute Gasteiger partial charge is 0.146 e. The minimum atomic E-state index is 0.861. The molecule has 4 nitrogen and oxygen atoms in total. The van der Waals surface area contributed by atoms with Crippen LogP contribution < -0.4 is 0 Å². The average molecular weight is 649 g/mol. The van der Waals surface area contributed by atoms with Gasteiger partial charge in [-0.15, -0.1) is 0 Å². The summed E-state index contributed by atoms with van der Waals surface area (Å²) < 4.78 is 2.16. The number of hydrogen-bond donors (Lipinski definition) is 0. The van der Waals surface area contributed by atoms with Gasteiger partial charge in [-0.3, -0.25) is 9.55 Å². The molecule has 51 heavy (non-hydrogen) atoms. The Morgan fingerprint density at radius 2 is 0.980 bits per heavy atom. The monoisotopic (exact) mass is 648 g/mol. The molecule has 0 aliphatic carbocycles. The van der Waals surface area contributed by atoms with Crippen LogP contribution in [-0.2, 0) is 0 Å². The highest BCUT2D eigenvalue weighted by Crippen LogP contribution is 2.45. The Balaban J connectivity index is 1.12. The SMILES string of the molecule is c1ccc(-c2ccc3ccc4c(-c5ccc(-c6ccc7c(c6)c6cccnc6n7-c6ccccn6)c6ccccc56)ccc5ccc2c3c54)nc1. The third-order valence-corrected chi connectivity index (χ3v) is 10.5. The fraction of sp³-hybridized carbons (Fsp3) is 0. The van der Waals surface area contributed by atoms with E-state index in [1.165, 1.54) is 65.3 Å². The number of nitrogens with zero attached hydrogens (tertiary/aromatic N) is 4. The number of pyridine rings is 3. The van der Waals surface area contributed by atoms with Gasteiger partial charge in [0.1, 0.15) is 11.5 Å². The summed E-state index contributed by atoms with van der Waals surface area (Å²) in [6.45, 7) is 0. The van der Waals surface area contributed by atoms with Crippen molar-refractivity contribution < 1.29 is 0 Å². The second-order valence-electron chi connectivity index (χ2n) is 13.2. The van der Waals surface area contributed by atoms with Crippen LogP contribution in [0.3, 0.4) is 0 Å². The van der Waals surface area contributed by atoms with Gasteiger partial charge in [0, 0.05) is 34.9 Å². The molecule has 11 rings (SSSR count). The van der Waals surface area contributed by atoms with E-state index >= 15 is 0 Å². The van der Waals surface area contributed by atoms with Crippen LogP contribution in [0.5, 0.6) is 0 Å². The van der Waals surface area contributed by atoms with Gasteiger partial charge in [0.25, 0.3) is 0 Å². The Kier molecular flexibility index (Phi) is 5.92. The zero-order chi connectivity index (χ0) is 33.5. The number of aromatic nitrogens is 4. The van der Waals surface area contributed by atoms with Crippen LogP contribution in [0.4, 0.5) is 0 Å². The molecule has 0 N–H and O–H groups in total. The molecule has 0 bridgehead atoms. The molecule has 4 aromatic heterocycles. The van der Waals surface area contributed by atoms with Crippen molar-refractivity contribution >= 4 is 65.0 Å². The molecule has 0 saturated carbocycles. The number of rotatable bonds is 4. The minimum absolute atomic E-state index is 0.861. The Morgan fingerprint density at radius 1 is 0.373 bits per heavy atom. The Hall–Kier alpha value is -6.91. The molecule has 0 radical (unpaired) electrons. The molecule has 0 amide bonds. The summed E-state index contributed by atoms with van der Waals surface area (Å²) in [6, 6.07) is 54.6. The van der Waals surface area contributed by atoms with Crippen LogP contribution in [0.25, 0.3) is 104 Å². The molecular weight excluding hydrogens is 621 g/mol. The second-order valence-corrected chi connectivity index (χ2v) is 13.2. The number of benzene rings is 7. The van der Waals surface area contributed by atoms with Gasteiger partial charge in [0.05, 0.1) is 11.2 Å². The van der Waals surface area contributed by atoms with E-state index in [4.69, 9.17) is 9.97 Å². The maximum atomic E-state index is 4.79. The summed E-state index contributed by atoms with van der Waals surface area (Å²) >= 11 is 0. The number of hydrogen-bond acceptors (Lipinski definition) is 3. The van der Waals surface area contributed by atoms with Crippen molar-refractivity contribution in [3.8, 4) is 39.3 Å². The van der Waals surface area contributed by atoms with Gasteiger partial charge in [-0.05, 0) is 114 Å². The lowest BCUT2D eigenvalue weighted by molar-refractivity contribution is 1.06. The zero-order valence-electron chi connectivity index (χ0n) is 27.5. The van der Waals surface area contributed by atoms with Crippen molar-refractivity contribution in [3.05, 3.63) is 170 Å². The summed E-state index contributed by atoms with van der Waals surface area (Å²) in [5.74, 6) is 0.861. The second kappa shape index (κ2) is 10.8. The highest BCUT2D eigenvalue weighted by Gasteiger charge is 2.19. The van der Waals surface area contributed by atoms with Crippen LogP contribution >= 0.6 is 0 Å². The van der Waals surface area contributed by atoms with E-state index in [0.717, 1.165) is 39.0 Å². The molecule has 0 aliphatic rings. The maximum Gasteiger partial charge on any atom is 0.146 e. The molecule has 0 spiro atoms. The van der Waals surface area contributed by atoms with Gasteiger partial charge in [-0.2, -0.15) is 0 Å². The molecular formula is C47H28N4. The van der Waals surface area contributed by atoms with Crippen molar-refractivity contribution in [2.45, 2.75) is 0 Å². The van der Waals surface area contributed by atoms with Crippen molar-refractivity contribution in [3.63, 3.8) is 0 Å². The quantitative estimate of drug-likeness (QED) is 0.178. The van der Waals surface area contributed by atoms with Gasteiger partial charge in [-0.25, -0.2) is 9.97 Å². The molecule has 0 saturated heterocycles. The first-order chi connectivity index (χ1) is 25.3. The topological polar surface area (TPSA) is 43.6 Å². The van der Waals surface area contributed by atoms with Crippen molar-refractivity contribution in [1.82, 2.24) is 19.5 Å². The van der Waals surface area contributed by atoms with Crippen molar-refractivity contribution in [2.24, 2.45) is 0 Å². The van der Waals surface area contributed by atoms with Crippen LogP contribution in [0, 0.1) is 0 Å². The van der Waals surface area contributed by atoms with E-state index in [0.29, 0.717) is 0 Å². The van der Waals surface area contributed by atoms with Gasteiger partial charge >= 0.3 is 0 Å². The van der Waals surface area contributed by atoms with Crippen LogP contribution in [0.1, 0.15) is 0 Å². The molecule has 7 aromatic carbocycles. The Morgan fingerprint density at radius 3 is 1.75 bits per heavy atom. The molecule has 4 heteroatoms. The molecule has 0 fully saturated rings. The molecule has 236 valence electrons. The summed E-state index contributed by atoms with van der Waals surface area (Å²) in [6.07, 6.45) is 5.56. The normalized spacial score (nSPS) is 11.9. The van der Waals surface area contributed by atoms with E-state index in [2.05, 4.69) is 131 Å². The largest absolute Gasteiger partial charge is 0.278 e. The molecule has 0 atom stereocenters. The first-order valence-electron chi connectivity index (χ1n) is 17.3. The van der Waals surface area contributed by atoms with E-state index in [9.17, 15) is 0 Å². The first-order valence-corrected chi connectivity index (χ1v) is 17.3. The highest BCUT2D eigenvalue weighted by atomic mass is 15.1. The van der Waals surface area contributed by atoms with E-state index in [1.807, 2.05) is 48.9 Å². The predicted molar refractivity (Wildman–Crippen MR) is 212 cm³/mol. The zero-order valence-corrected chi connectivity index (χ0v) is 27.5. The standard InChI is InChI=1S/C47H28N4/c1-2-9-34-33(8-1)32(31-17-24-43-41(28-31)40-10-7-27-50-47(40)51(43)44-12-4-6-26-49-44)22-23-35(34)36-18-13-29-16-21-39-37(42-11-3-5-25-48-42)19-14-30-15-20-38(36)45(29)46(30)39/h1-28H. The van der Waals surface area contributed by atoms with E-state index < -0.39 is 0 Å². The van der Waals surface area contributed by atoms with Crippen LogP contribution in [-0.4, -0.2) is 19.5 Å². The highest BCUT2D eigenvalue weighted by molar-refractivity contribution is 6.28. The van der Waals surface area contributed by atoms with Gasteiger partial charge in [0.2, 0.25) is 0 Å². The lowest BCUT2D eigenvalue weighted by Crippen LogP contribution is -1.97. The summed E-state index contributed by atoms with van der Waals surface area (Å²) in [4.78, 5) is 14.2. The molecule has 4 heterocycles. The van der Waals surface area contributed by atoms with E-state index in [-0.39, 0.29) is 0 Å². The third-order valence-electron chi connectivity index (χ3n) is 10.5. The van der Waals surface area contributed by atoms with Gasteiger partial charge < -0.3 is 0 Å². The van der Waals surface area contributed by atoms with Crippen LogP contribution in [0.15, 0.2) is 170 Å². The molecule has 0 unspecified atom stereocenters. The lowest BCUT2D eigenvalue weighted by atomic mass is 9.86. The predicted octanol–water partition coefficient (Wildman–Crippen LogP) is 12.0. The lowest BCUT2D eigenvalue weighted by Gasteiger charge is -2.18. The number of fused-ring (bicyclic) bond motifs is 4. The van der Waals surface area contributed by atoms with Crippen molar-refractivity contribution in [1.29, 1.82) is 0 Å². The first kappa shape index (κ1) is 28.0. The summed E-state index contributed by atoms with van der Waals surface area (Å²) in [5.41, 5.74) is 9.00. The Bertz CT molecular complexity index is 3130. The van der Waals surface area contributed by atoms with Crippen LogP contribution in [0.2, 0.25) is 0 Å². The minimum Gasteiger partial charge on any atom is -0.278 e. The Labute approximate surface area is 293 Å². The van der Waals surface area contributed by atoms with E-state index in [1.54, 1.807) is 0 Å². The van der Waals surface area contributed by atoms with Crippen molar-refractivity contribution in [2.75, 3.05) is 0 Å². The molecule has 0 aliphatic heterocycles. The average Bonchev–Trinajstić information content (AvgIpc) is 3.54. The fourth-order valence-corrected chi connectivity index (χ4v) is 8.30. The van der Waals surface area contributed by atoms with Gasteiger partial charge in [-0.1, -0.05) is 103 Å².